The molecular formula is C14H13F3N2O2. The first kappa shape index (κ1) is 15.2. The molecule has 1 aromatic carbocycles. The molecule has 0 saturated carbocycles. The first-order valence-electron chi connectivity index (χ1n) is 6.15. The highest BCUT2D eigenvalue weighted by Gasteiger charge is 2.30. The lowest BCUT2D eigenvalue weighted by molar-refractivity contribution is -0.274. The van der Waals surface area contributed by atoms with Crippen LogP contribution in [-0.2, 0) is 6.42 Å². The number of nitrogens with zero attached hydrogens (tertiary/aromatic N) is 2. The van der Waals surface area contributed by atoms with Crippen molar-refractivity contribution in [2.45, 2.75) is 25.8 Å². The molecule has 0 amide bonds. The fourth-order valence-corrected chi connectivity index (χ4v) is 1.72. The molecule has 1 aromatic heterocycles. The second kappa shape index (κ2) is 6.09. The summed E-state index contributed by atoms with van der Waals surface area (Å²) >= 11 is 0. The van der Waals surface area contributed by atoms with Crippen molar-refractivity contribution in [1.82, 2.24) is 9.97 Å². The molecule has 112 valence electrons. The van der Waals surface area contributed by atoms with Gasteiger partial charge in [0.2, 0.25) is 0 Å². The van der Waals surface area contributed by atoms with Crippen LogP contribution in [0.25, 0.3) is 0 Å². The SMILES string of the molecule is Cc1cnc(C(O)Cc2ccc(OC(F)(F)F)cc2)nc1. The number of hydrogen-bond acceptors (Lipinski definition) is 4. The minimum Gasteiger partial charge on any atom is -0.406 e. The van der Waals surface area contributed by atoms with Gasteiger partial charge in [-0.05, 0) is 30.2 Å². The predicted molar refractivity (Wildman–Crippen MR) is 68.6 cm³/mol. The molecule has 1 unspecified atom stereocenters. The van der Waals surface area contributed by atoms with Gasteiger partial charge in [0.25, 0.3) is 0 Å². The molecule has 0 radical (unpaired) electrons. The molecule has 2 aromatic rings. The molecule has 1 heterocycles. The van der Waals surface area contributed by atoms with Gasteiger partial charge in [-0.2, -0.15) is 0 Å². The van der Waals surface area contributed by atoms with Gasteiger partial charge in [0.05, 0.1) is 0 Å². The first-order chi connectivity index (χ1) is 9.83. The summed E-state index contributed by atoms with van der Waals surface area (Å²) in [5.41, 5.74) is 1.53. The van der Waals surface area contributed by atoms with Crippen molar-refractivity contribution < 1.29 is 23.0 Å². The van der Waals surface area contributed by atoms with Crippen LogP contribution in [0.15, 0.2) is 36.7 Å². The van der Waals surface area contributed by atoms with Gasteiger partial charge in [-0.1, -0.05) is 12.1 Å². The number of aryl methyl sites for hydroxylation is 1. The van der Waals surface area contributed by atoms with Crippen molar-refractivity contribution in [3.8, 4) is 5.75 Å². The van der Waals surface area contributed by atoms with E-state index in [1.54, 1.807) is 12.4 Å². The van der Waals surface area contributed by atoms with E-state index in [0.717, 1.165) is 5.56 Å². The van der Waals surface area contributed by atoms with E-state index in [0.29, 0.717) is 5.56 Å². The van der Waals surface area contributed by atoms with Crippen molar-refractivity contribution in [1.29, 1.82) is 0 Å². The van der Waals surface area contributed by atoms with E-state index < -0.39 is 12.5 Å². The van der Waals surface area contributed by atoms with E-state index >= 15 is 0 Å². The zero-order chi connectivity index (χ0) is 15.5. The number of aliphatic hydroxyl groups excluding tert-OH is 1. The second-order valence-electron chi connectivity index (χ2n) is 4.53. The average Bonchev–Trinajstić information content (AvgIpc) is 2.40. The Morgan fingerprint density at radius 2 is 1.71 bits per heavy atom. The highest BCUT2D eigenvalue weighted by molar-refractivity contribution is 5.28. The van der Waals surface area contributed by atoms with E-state index in [9.17, 15) is 18.3 Å². The van der Waals surface area contributed by atoms with Crippen LogP contribution in [0.4, 0.5) is 13.2 Å². The predicted octanol–water partition coefficient (Wildman–Crippen LogP) is 2.96. The van der Waals surface area contributed by atoms with E-state index in [1.807, 2.05) is 6.92 Å². The van der Waals surface area contributed by atoms with Crippen molar-refractivity contribution >= 4 is 0 Å². The summed E-state index contributed by atoms with van der Waals surface area (Å²) in [6, 6.07) is 5.31. The Hall–Kier alpha value is -2.15. The summed E-state index contributed by atoms with van der Waals surface area (Å²) in [6.07, 6.45) is -2.25. The summed E-state index contributed by atoms with van der Waals surface area (Å²) in [7, 11) is 0. The molecule has 0 fully saturated rings. The van der Waals surface area contributed by atoms with Crippen LogP contribution in [0.2, 0.25) is 0 Å². The molecule has 7 heteroatoms. The lowest BCUT2D eigenvalue weighted by Gasteiger charge is -2.11. The Bertz CT molecular complexity index is 583. The topological polar surface area (TPSA) is 55.2 Å². The number of aliphatic hydroxyl groups is 1. The van der Waals surface area contributed by atoms with Gasteiger partial charge in [0.1, 0.15) is 11.9 Å². The number of rotatable bonds is 4. The fourth-order valence-electron chi connectivity index (χ4n) is 1.72. The van der Waals surface area contributed by atoms with E-state index in [2.05, 4.69) is 14.7 Å². The summed E-state index contributed by atoms with van der Waals surface area (Å²) in [4.78, 5) is 8.01. The van der Waals surface area contributed by atoms with Gasteiger partial charge in [0.15, 0.2) is 5.82 Å². The maximum atomic E-state index is 12.0. The minimum absolute atomic E-state index is 0.204. The molecule has 0 spiro atoms. The van der Waals surface area contributed by atoms with Crippen LogP contribution < -0.4 is 4.74 Å². The number of ether oxygens (including phenoxy) is 1. The maximum absolute atomic E-state index is 12.0. The van der Waals surface area contributed by atoms with E-state index in [-0.39, 0.29) is 18.0 Å². The van der Waals surface area contributed by atoms with Gasteiger partial charge < -0.3 is 9.84 Å². The third-order valence-electron chi connectivity index (χ3n) is 2.68. The molecule has 2 rings (SSSR count). The third-order valence-corrected chi connectivity index (χ3v) is 2.68. The summed E-state index contributed by atoms with van der Waals surface area (Å²) < 4.78 is 39.9. The monoisotopic (exact) mass is 298 g/mol. The van der Waals surface area contributed by atoms with Crippen LogP contribution >= 0.6 is 0 Å². The molecule has 1 N–H and O–H groups in total. The largest absolute Gasteiger partial charge is 0.573 e. The lowest BCUT2D eigenvalue weighted by Crippen LogP contribution is -2.17. The van der Waals surface area contributed by atoms with Crippen LogP contribution in [0.1, 0.15) is 23.1 Å². The normalized spacial score (nSPS) is 13.0. The Morgan fingerprint density at radius 1 is 1.14 bits per heavy atom. The van der Waals surface area contributed by atoms with Crippen LogP contribution in [-0.4, -0.2) is 21.4 Å². The number of aromatic nitrogens is 2. The zero-order valence-electron chi connectivity index (χ0n) is 11.1. The number of hydrogen-bond donors (Lipinski definition) is 1. The maximum Gasteiger partial charge on any atom is 0.573 e. The van der Waals surface area contributed by atoms with Crippen molar-refractivity contribution in [3.05, 3.63) is 53.6 Å². The standard InChI is InChI=1S/C14H13F3N2O2/c1-9-7-18-13(19-8-9)12(20)6-10-2-4-11(5-3-10)21-14(15,16)17/h2-5,7-8,12,20H,6H2,1H3. The van der Waals surface area contributed by atoms with Gasteiger partial charge in [-0.15, -0.1) is 13.2 Å². The van der Waals surface area contributed by atoms with Crippen molar-refractivity contribution in [2.75, 3.05) is 0 Å². The van der Waals surface area contributed by atoms with Crippen molar-refractivity contribution in [2.24, 2.45) is 0 Å². The molecule has 0 aliphatic heterocycles. The highest BCUT2D eigenvalue weighted by atomic mass is 19.4. The molecular weight excluding hydrogens is 285 g/mol. The highest BCUT2D eigenvalue weighted by Crippen LogP contribution is 2.24. The third kappa shape index (κ3) is 4.71. The number of halogens is 3. The first-order valence-corrected chi connectivity index (χ1v) is 6.15. The van der Waals surface area contributed by atoms with Gasteiger partial charge in [0, 0.05) is 18.8 Å². The molecule has 4 nitrogen and oxygen atoms in total. The number of benzene rings is 1. The van der Waals surface area contributed by atoms with Crippen LogP contribution in [0, 0.1) is 6.92 Å². The minimum atomic E-state index is -4.71. The molecule has 21 heavy (non-hydrogen) atoms. The zero-order valence-corrected chi connectivity index (χ0v) is 11.1. The molecule has 0 bridgehead atoms. The Labute approximate surface area is 119 Å². The molecule has 0 aliphatic carbocycles. The summed E-state index contributed by atoms with van der Waals surface area (Å²) in [5.74, 6) is -0.0245. The van der Waals surface area contributed by atoms with Crippen LogP contribution in [0.5, 0.6) is 5.75 Å². The fraction of sp³-hybridized carbons (Fsp3) is 0.286. The summed E-state index contributed by atoms with van der Waals surface area (Å²) in [5, 5.41) is 9.98. The van der Waals surface area contributed by atoms with E-state index in [4.69, 9.17) is 0 Å². The van der Waals surface area contributed by atoms with Crippen LogP contribution in [0.3, 0.4) is 0 Å². The number of alkyl halides is 3. The smallest absolute Gasteiger partial charge is 0.406 e. The second-order valence-corrected chi connectivity index (χ2v) is 4.53. The van der Waals surface area contributed by atoms with E-state index in [1.165, 1.54) is 24.3 Å². The van der Waals surface area contributed by atoms with Gasteiger partial charge >= 0.3 is 6.36 Å². The Morgan fingerprint density at radius 3 is 2.24 bits per heavy atom. The molecule has 1 atom stereocenters. The Kier molecular flexibility index (Phi) is 4.42. The quantitative estimate of drug-likeness (QED) is 0.943. The molecule has 0 saturated heterocycles. The lowest BCUT2D eigenvalue weighted by atomic mass is 10.1. The van der Waals surface area contributed by atoms with Crippen molar-refractivity contribution in [3.63, 3.8) is 0 Å². The average molecular weight is 298 g/mol. The van der Waals surface area contributed by atoms with Gasteiger partial charge in [-0.25, -0.2) is 9.97 Å². The Balaban J connectivity index is 2.01. The molecule has 0 aliphatic rings. The van der Waals surface area contributed by atoms with Gasteiger partial charge in [-0.3, -0.25) is 0 Å². The summed E-state index contributed by atoms with van der Waals surface area (Å²) in [6.45, 7) is 1.83.